The normalized spacial score (nSPS) is 8.62. The van der Waals surface area contributed by atoms with E-state index in [0.717, 1.165) is 0 Å². The highest BCUT2D eigenvalue weighted by Crippen LogP contribution is 1.98. The molecule has 5 heteroatoms. The van der Waals surface area contributed by atoms with Gasteiger partial charge in [-0.25, -0.2) is 0 Å². The van der Waals surface area contributed by atoms with Crippen LogP contribution in [0.5, 0.6) is 0 Å². The van der Waals surface area contributed by atoms with Gasteiger partial charge in [0.25, 0.3) is 0 Å². The van der Waals surface area contributed by atoms with Crippen molar-refractivity contribution in [3.8, 4) is 0 Å². The third-order valence-electron chi connectivity index (χ3n) is 0.344. The third-order valence-corrected chi connectivity index (χ3v) is 1.15. The minimum Gasteiger partial charge on any atom is -0.388 e. The number of carbonyl (C=O) groups is 1. The van der Waals surface area contributed by atoms with E-state index in [2.05, 4.69) is 12.2 Å². The number of carbonyl (C=O) groups excluding carboxylic acids is 1. The monoisotopic (exact) mass is 151 g/mol. The molecule has 0 aromatic heterocycles. The lowest BCUT2D eigenvalue weighted by Crippen LogP contribution is -2.08. The van der Waals surface area contributed by atoms with Gasteiger partial charge in [0.05, 0.1) is 0 Å². The zero-order chi connectivity index (χ0) is 6.57. The SMILES string of the molecule is NC(=S)SC(=O)CO. The van der Waals surface area contributed by atoms with Crippen LogP contribution in [0.15, 0.2) is 0 Å². The molecule has 3 nitrogen and oxygen atoms in total. The van der Waals surface area contributed by atoms with E-state index in [0.29, 0.717) is 11.8 Å². The van der Waals surface area contributed by atoms with Gasteiger partial charge in [-0.1, -0.05) is 12.2 Å². The van der Waals surface area contributed by atoms with Crippen LogP contribution in [-0.4, -0.2) is 21.1 Å². The molecule has 0 saturated carbocycles. The van der Waals surface area contributed by atoms with Gasteiger partial charge in [-0.15, -0.1) is 0 Å². The molecular weight excluding hydrogens is 146 g/mol. The molecule has 46 valence electrons. The Balaban J connectivity index is 3.40. The highest BCUT2D eigenvalue weighted by molar-refractivity contribution is 8.32. The van der Waals surface area contributed by atoms with Gasteiger partial charge in [-0.2, -0.15) is 0 Å². The number of rotatable bonds is 1. The molecule has 0 heterocycles. The molecular formula is C3H5NO2S2. The van der Waals surface area contributed by atoms with Crippen LogP contribution < -0.4 is 5.73 Å². The van der Waals surface area contributed by atoms with E-state index < -0.39 is 11.7 Å². The van der Waals surface area contributed by atoms with Crippen LogP contribution in [0.1, 0.15) is 0 Å². The second-order valence-electron chi connectivity index (χ2n) is 0.951. The predicted octanol–water partition coefficient (Wildman–Crippen LogP) is -0.518. The van der Waals surface area contributed by atoms with Gasteiger partial charge in [-0.3, -0.25) is 4.79 Å². The lowest BCUT2D eigenvalue weighted by molar-refractivity contribution is -0.113. The molecule has 0 unspecified atom stereocenters. The van der Waals surface area contributed by atoms with E-state index in [1.165, 1.54) is 0 Å². The van der Waals surface area contributed by atoms with E-state index in [1.54, 1.807) is 0 Å². The van der Waals surface area contributed by atoms with Crippen LogP contribution in [0.25, 0.3) is 0 Å². The molecule has 0 saturated heterocycles. The summed E-state index contributed by atoms with van der Waals surface area (Å²) in [6.45, 7) is -0.512. The first-order chi connectivity index (χ1) is 3.66. The molecule has 0 bridgehead atoms. The third kappa shape index (κ3) is 4.04. The Bertz CT molecular complexity index is 114. The zero-order valence-corrected chi connectivity index (χ0v) is 5.59. The fourth-order valence-corrected chi connectivity index (χ4v) is 0.712. The first-order valence-electron chi connectivity index (χ1n) is 1.77. The van der Waals surface area contributed by atoms with Crippen molar-refractivity contribution in [2.45, 2.75) is 0 Å². The molecule has 0 aromatic rings. The Hall–Kier alpha value is -0.130. The van der Waals surface area contributed by atoms with Crippen LogP contribution in [0.4, 0.5) is 0 Å². The summed E-state index contributed by atoms with van der Waals surface area (Å²) in [4.78, 5) is 10.2. The quantitative estimate of drug-likeness (QED) is 0.494. The number of hydrogen-bond acceptors (Lipinski definition) is 4. The minimum atomic E-state index is -0.512. The molecule has 0 radical (unpaired) electrons. The lowest BCUT2D eigenvalue weighted by atomic mass is 10.8. The van der Waals surface area contributed by atoms with Crippen LogP contribution >= 0.6 is 24.0 Å². The van der Waals surface area contributed by atoms with Crippen LogP contribution in [0.2, 0.25) is 0 Å². The first-order valence-corrected chi connectivity index (χ1v) is 3.00. The number of hydrogen-bond donors (Lipinski definition) is 2. The van der Waals surface area contributed by atoms with Crippen LogP contribution in [0, 0.1) is 0 Å². The predicted molar refractivity (Wildman–Crippen MR) is 36.5 cm³/mol. The molecule has 3 N–H and O–H groups in total. The maximum Gasteiger partial charge on any atom is 0.221 e. The van der Waals surface area contributed by atoms with E-state index in [4.69, 9.17) is 10.8 Å². The summed E-state index contributed by atoms with van der Waals surface area (Å²) in [5.41, 5.74) is 4.93. The molecule has 0 aromatic carbocycles. The summed E-state index contributed by atoms with van der Waals surface area (Å²) in [6, 6.07) is 0. The highest BCUT2D eigenvalue weighted by Gasteiger charge is 1.99. The van der Waals surface area contributed by atoms with Gasteiger partial charge < -0.3 is 10.8 Å². The average molecular weight is 151 g/mol. The van der Waals surface area contributed by atoms with Crippen molar-refractivity contribution in [3.63, 3.8) is 0 Å². The van der Waals surface area contributed by atoms with Crippen molar-refractivity contribution in [1.29, 1.82) is 0 Å². The Morgan fingerprint density at radius 3 is 2.50 bits per heavy atom. The van der Waals surface area contributed by atoms with Crippen molar-refractivity contribution in [3.05, 3.63) is 0 Å². The van der Waals surface area contributed by atoms with Crippen molar-refractivity contribution < 1.29 is 9.90 Å². The molecule has 0 fully saturated rings. The second kappa shape index (κ2) is 3.82. The molecule has 0 aliphatic rings. The summed E-state index contributed by atoms with van der Waals surface area (Å²) in [5.74, 6) is 0. The summed E-state index contributed by atoms with van der Waals surface area (Å²) in [6.07, 6.45) is 0. The summed E-state index contributed by atoms with van der Waals surface area (Å²) >= 11 is 5.02. The molecule has 0 aliphatic heterocycles. The summed E-state index contributed by atoms with van der Waals surface area (Å²) in [7, 11) is 0. The highest BCUT2D eigenvalue weighted by atomic mass is 32.2. The van der Waals surface area contributed by atoms with E-state index in [1.807, 2.05) is 0 Å². The molecule has 0 amide bonds. The van der Waals surface area contributed by atoms with Gasteiger partial charge in [0.15, 0.2) is 0 Å². The van der Waals surface area contributed by atoms with Crippen molar-refractivity contribution >= 4 is 33.4 Å². The maximum absolute atomic E-state index is 10.2. The molecule has 0 spiro atoms. The van der Waals surface area contributed by atoms with Crippen molar-refractivity contribution in [2.75, 3.05) is 6.61 Å². The van der Waals surface area contributed by atoms with Gasteiger partial charge in [0.1, 0.15) is 10.9 Å². The first kappa shape index (κ1) is 7.87. The average Bonchev–Trinajstić information content (AvgIpc) is 1.65. The van der Waals surface area contributed by atoms with Crippen LogP contribution in [-0.2, 0) is 4.79 Å². The molecule has 8 heavy (non-hydrogen) atoms. The van der Waals surface area contributed by atoms with Gasteiger partial charge in [0, 0.05) is 0 Å². The largest absolute Gasteiger partial charge is 0.388 e. The Kier molecular flexibility index (Phi) is 3.76. The zero-order valence-electron chi connectivity index (χ0n) is 3.96. The standard InChI is InChI=1S/C3H5NO2S2/c4-3(7)8-2(6)1-5/h5H,1H2,(H2,4,7). The Morgan fingerprint density at radius 1 is 1.88 bits per heavy atom. The smallest absolute Gasteiger partial charge is 0.221 e. The van der Waals surface area contributed by atoms with Crippen molar-refractivity contribution in [1.82, 2.24) is 0 Å². The fraction of sp³-hybridized carbons (Fsp3) is 0.333. The van der Waals surface area contributed by atoms with Crippen molar-refractivity contribution in [2.24, 2.45) is 5.73 Å². The van der Waals surface area contributed by atoms with Gasteiger partial charge >= 0.3 is 0 Å². The number of thiocarbonyl (C=S) groups is 1. The second-order valence-corrected chi connectivity index (χ2v) is 2.75. The van der Waals surface area contributed by atoms with E-state index in [-0.39, 0.29) is 4.32 Å². The topological polar surface area (TPSA) is 63.3 Å². The minimum absolute atomic E-state index is 0.0454. The lowest BCUT2D eigenvalue weighted by Gasteiger charge is -1.89. The number of nitrogens with two attached hydrogens (primary N) is 1. The number of aliphatic hydroxyl groups excluding tert-OH is 1. The van der Waals surface area contributed by atoms with Gasteiger partial charge in [0.2, 0.25) is 5.12 Å². The van der Waals surface area contributed by atoms with Gasteiger partial charge in [-0.05, 0) is 11.8 Å². The Morgan fingerprint density at radius 2 is 2.38 bits per heavy atom. The summed E-state index contributed by atoms with van der Waals surface area (Å²) < 4.78 is 0.0454. The fourth-order valence-electron chi connectivity index (χ4n) is 0.144. The molecule has 0 atom stereocenters. The molecule has 0 aliphatic carbocycles. The van der Waals surface area contributed by atoms with E-state index >= 15 is 0 Å². The Labute approximate surface area is 56.2 Å². The van der Waals surface area contributed by atoms with Crippen LogP contribution in [0.3, 0.4) is 0 Å². The van der Waals surface area contributed by atoms with E-state index in [9.17, 15) is 4.79 Å². The number of aliphatic hydroxyl groups is 1. The maximum atomic E-state index is 10.2. The molecule has 0 rings (SSSR count). The number of thioether (sulfide) groups is 1. The summed E-state index contributed by atoms with van der Waals surface area (Å²) in [5, 5.41) is 7.68.